The van der Waals surface area contributed by atoms with Gasteiger partial charge in [-0.1, -0.05) is 12.1 Å². The van der Waals surface area contributed by atoms with Crippen LogP contribution in [0, 0.1) is 41.5 Å². The topological polar surface area (TPSA) is 50.7 Å². The lowest BCUT2D eigenvalue weighted by Gasteiger charge is -2.12. The molecule has 0 bridgehead atoms. The van der Waals surface area contributed by atoms with E-state index in [1.807, 2.05) is 0 Å². The van der Waals surface area contributed by atoms with Crippen LogP contribution in [0.5, 0.6) is 0 Å². The first-order valence-electron chi connectivity index (χ1n) is 8.22. The van der Waals surface area contributed by atoms with Gasteiger partial charge in [0, 0.05) is 18.2 Å². The second-order valence-corrected chi connectivity index (χ2v) is 6.55. The van der Waals surface area contributed by atoms with Crippen LogP contribution in [0.2, 0.25) is 0 Å². The molecule has 0 aromatic heterocycles. The van der Waals surface area contributed by atoms with Gasteiger partial charge in [0.25, 0.3) is 0 Å². The van der Waals surface area contributed by atoms with Crippen LogP contribution < -0.4 is 5.73 Å². The Balaban J connectivity index is 2.52. The van der Waals surface area contributed by atoms with E-state index in [0.29, 0.717) is 11.7 Å². The molecule has 0 unspecified atom stereocenters. The molecular weight excluding hydrogens is 294 g/mol. The lowest BCUT2D eigenvalue weighted by atomic mass is 9.99. The van der Waals surface area contributed by atoms with Gasteiger partial charge in [-0.3, -0.25) is 4.99 Å². The highest BCUT2D eigenvalue weighted by Crippen LogP contribution is 2.19. The maximum atomic E-state index is 6.32. The molecule has 0 radical (unpaired) electrons. The number of nitrogens with zero attached hydrogens (tertiary/aromatic N) is 2. The van der Waals surface area contributed by atoms with E-state index in [0.717, 1.165) is 22.3 Å². The molecule has 0 saturated heterocycles. The van der Waals surface area contributed by atoms with E-state index < -0.39 is 0 Å². The van der Waals surface area contributed by atoms with Gasteiger partial charge in [-0.05, 0) is 87.1 Å². The zero-order valence-electron chi connectivity index (χ0n) is 15.8. The van der Waals surface area contributed by atoms with E-state index in [9.17, 15) is 0 Å². The molecule has 0 atom stereocenters. The van der Waals surface area contributed by atoms with Crippen LogP contribution in [0.4, 0.5) is 0 Å². The minimum Gasteiger partial charge on any atom is -0.383 e. The first-order chi connectivity index (χ1) is 11.2. The van der Waals surface area contributed by atoms with Gasteiger partial charge in [0.1, 0.15) is 5.84 Å². The highest BCUT2D eigenvalue weighted by molar-refractivity contribution is 6.12. The van der Waals surface area contributed by atoms with Crippen molar-refractivity contribution < 1.29 is 0 Å². The third kappa shape index (κ3) is 3.56. The number of aliphatic imine (C=N–C) groups is 2. The molecule has 24 heavy (non-hydrogen) atoms. The monoisotopic (exact) mass is 321 g/mol. The zero-order chi connectivity index (χ0) is 18.0. The van der Waals surface area contributed by atoms with Crippen molar-refractivity contribution in [1.29, 1.82) is 0 Å². The van der Waals surface area contributed by atoms with Crippen molar-refractivity contribution in [2.45, 2.75) is 41.5 Å². The SMILES string of the molecule is CN=C(N=C(N)c1cc(C)c(C)cc1C)c1cc(C)c(C)cc1C. The van der Waals surface area contributed by atoms with Crippen molar-refractivity contribution in [3.05, 3.63) is 68.8 Å². The minimum absolute atomic E-state index is 0.508. The van der Waals surface area contributed by atoms with E-state index in [-0.39, 0.29) is 0 Å². The Morgan fingerprint density at radius 3 is 1.58 bits per heavy atom. The van der Waals surface area contributed by atoms with Gasteiger partial charge in [-0.15, -0.1) is 0 Å². The van der Waals surface area contributed by atoms with E-state index in [2.05, 4.69) is 75.8 Å². The molecule has 126 valence electrons. The summed E-state index contributed by atoms with van der Waals surface area (Å²) in [6.07, 6.45) is 0. The van der Waals surface area contributed by atoms with Crippen molar-refractivity contribution in [1.82, 2.24) is 0 Å². The molecule has 0 heterocycles. The fourth-order valence-corrected chi connectivity index (χ4v) is 2.84. The number of amidine groups is 2. The molecule has 0 aliphatic rings. The normalized spacial score (nSPS) is 12.6. The van der Waals surface area contributed by atoms with Crippen LogP contribution >= 0.6 is 0 Å². The van der Waals surface area contributed by atoms with Crippen molar-refractivity contribution in [2.75, 3.05) is 7.05 Å². The van der Waals surface area contributed by atoms with Gasteiger partial charge in [0.15, 0.2) is 5.84 Å². The summed E-state index contributed by atoms with van der Waals surface area (Å²) in [7, 11) is 1.76. The van der Waals surface area contributed by atoms with Crippen molar-refractivity contribution in [3.63, 3.8) is 0 Å². The second kappa shape index (κ2) is 7.00. The Hall–Kier alpha value is -2.42. The zero-order valence-corrected chi connectivity index (χ0v) is 15.8. The van der Waals surface area contributed by atoms with Crippen molar-refractivity contribution >= 4 is 11.7 Å². The lowest BCUT2D eigenvalue weighted by Crippen LogP contribution is -2.18. The molecule has 3 nitrogen and oxygen atoms in total. The quantitative estimate of drug-likeness (QED) is 0.650. The molecule has 2 aromatic rings. The van der Waals surface area contributed by atoms with E-state index in [4.69, 9.17) is 5.73 Å². The summed E-state index contributed by atoms with van der Waals surface area (Å²) in [5.41, 5.74) is 15.6. The Kier molecular flexibility index (Phi) is 5.23. The molecule has 0 fully saturated rings. The third-order valence-electron chi connectivity index (χ3n) is 4.64. The van der Waals surface area contributed by atoms with Crippen LogP contribution in [-0.4, -0.2) is 18.7 Å². The Labute approximate surface area is 145 Å². The minimum atomic E-state index is 0.508. The highest BCUT2D eigenvalue weighted by atomic mass is 15.0. The number of nitrogens with two attached hydrogens (primary N) is 1. The van der Waals surface area contributed by atoms with Gasteiger partial charge in [0.05, 0.1) is 0 Å². The van der Waals surface area contributed by atoms with Gasteiger partial charge in [-0.25, -0.2) is 4.99 Å². The van der Waals surface area contributed by atoms with E-state index in [1.54, 1.807) is 7.05 Å². The maximum absolute atomic E-state index is 6.32. The van der Waals surface area contributed by atoms with Crippen LogP contribution in [0.1, 0.15) is 44.5 Å². The Morgan fingerprint density at radius 2 is 1.08 bits per heavy atom. The summed E-state index contributed by atoms with van der Waals surface area (Å²) in [6, 6.07) is 8.56. The molecular formula is C21H27N3. The molecule has 0 aliphatic heterocycles. The van der Waals surface area contributed by atoms with Crippen molar-refractivity contribution in [2.24, 2.45) is 15.7 Å². The van der Waals surface area contributed by atoms with Gasteiger partial charge in [-0.2, -0.15) is 0 Å². The Bertz CT molecular complexity index is 843. The summed E-state index contributed by atoms with van der Waals surface area (Å²) in [6.45, 7) is 12.6. The first-order valence-corrected chi connectivity index (χ1v) is 8.22. The van der Waals surface area contributed by atoms with Gasteiger partial charge in [0.2, 0.25) is 0 Å². The molecule has 0 aliphatic carbocycles. The molecule has 0 amide bonds. The number of aryl methyl sites for hydroxylation is 6. The van der Waals surface area contributed by atoms with Crippen LogP contribution in [0.25, 0.3) is 0 Å². The lowest BCUT2D eigenvalue weighted by molar-refractivity contribution is 1.26. The van der Waals surface area contributed by atoms with Crippen LogP contribution in [-0.2, 0) is 0 Å². The average molecular weight is 321 g/mol. The predicted octanol–water partition coefficient (Wildman–Crippen LogP) is 4.32. The largest absolute Gasteiger partial charge is 0.383 e. The summed E-state index contributed by atoms with van der Waals surface area (Å²) < 4.78 is 0. The van der Waals surface area contributed by atoms with Gasteiger partial charge < -0.3 is 5.73 Å². The van der Waals surface area contributed by atoms with Crippen molar-refractivity contribution in [3.8, 4) is 0 Å². The van der Waals surface area contributed by atoms with Crippen LogP contribution in [0.3, 0.4) is 0 Å². The predicted molar refractivity (Wildman–Crippen MR) is 104 cm³/mol. The standard InChI is InChI=1S/C21H27N3/c1-12-8-16(5)18(10-14(12)3)20(22)24-21(23-7)19-11-15(4)13(2)9-17(19)6/h8-11H,1-7H3,(H2,22,23,24). The number of benzene rings is 2. The molecule has 2 N–H and O–H groups in total. The third-order valence-corrected chi connectivity index (χ3v) is 4.64. The number of rotatable bonds is 2. The summed E-state index contributed by atoms with van der Waals surface area (Å²) in [5, 5.41) is 0. The molecule has 2 rings (SSSR count). The van der Waals surface area contributed by atoms with Gasteiger partial charge >= 0.3 is 0 Å². The number of hydrogen-bond acceptors (Lipinski definition) is 1. The molecule has 0 spiro atoms. The summed E-state index contributed by atoms with van der Waals surface area (Å²) in [5.74, 6) is 1.18. The van der Waals surface area contributed by atoms with E-state index >= 15 is 0 Å². The maximum Gasteiger partial charge on any atom is 0.156 e. The smallest absolute Gasteiger partial charge is 0.156 e. The molecule has 0 saturated carbocycles. The van der Waals surface area contributed by atoms with Crippen LogP contribution in [0.15, 0.2) is 34.3 Å². The summed E-state index contributed by atoms with van der Waals surface area (Å²) in [4.78, 5) is 9.02. The Morgan fingerprint density at radius 1 is 0.667 bits per heavy atom. The molecule has 2 aromatic carbocycles. The summed E-state index contributed by atoms with van der Waals surface area (Å²) >= 11 is 0. The average Bonchev–Trinajstić information content (AvgIpc) is 2.52. The second-order valence-electron chi connectivity index (χ2n) is 6.55. The molecule has 3 heteroatoms. The first kappa shape index (κ1) is 17.9. The fourth-order valence-electron chi connectivity index (χ4n) is 2.84. The fraction of sp³-hybridized carbons (Fsp3) is 0.333. The highest BCUT2D eigenvalue weighted by Gasteiger charge is 2.11. The van der Waals surface area contributed by atoms with E-state index in [1.165, 1.54) is 22.3 Å². The number of hydrogen-bond donors (Lipinski definition) is 1.